The summed E-state index contributed by atoms with van der Waals surface area (Å²) < 4.78 is 40.7. The average Bonchev–Trinajstić information content (AvgIpc) is 3.16. The van der Waals surface area contributed by atoms with Crippen molar-refractivity contribution in [3.8, 4) is 5.75 Å². The minimum atomic E-state index is -3.56. The van der Waals surface area contributed by atoms with E-state index in [2.05, 4.69) is 16.4 Å². The van der Waals surface area contributed by atoms with Gasteiger partial charge in [-0.25, -0.2) is 13.4 Å². The van der Waals surface area contributed by atoms with E-state index in [0.29, 0.717) is 62.3 Å². The van der Waals surface area contributed by atoms with Crippen molar-refractivity contribution < 1.29 is 17.9 Å². The van der Waals surface area contributed by atoms with E-state index in [1.807, 2.05) is 31.3 Å². The summed E-state index contributed by atoms with van der Waals surface area (Å²) in [4.78, 5) is 7.16. The molecule has 33 heavy (non-hydrogen) atoms. The molecule has 2 heterocycles. The molecule has 2 aromatic carbocycles. The lowest BCUT2D eigenvalue weighted by atomic mass is 10.3. The summed E-state index contributed by atoms with van der Waals surface area (Å²) in [6.45, 7) is 6.18. The summed E-state index contributed by atoms with van der Waals surface area (Å²) >= 11 is 6.14. The molecular formula is C23H29ClN4O4S. The molecule has 1 fully saturated rings. The Morgan fingerprint density at radius 2 is 1.94 bits per heavy atom. The van der Waals surface area contributed by atoms with Crippen LogP contribution >= 0.6 is 11.6 Å². The third-order valence-electron chi connectivity index (χ3n) is 5.70. The lowest BCUT2D eigenvalue weighted by molar-refractivity contribution is 0.0730. The van der Waals surface area contributed by atoms with Gasteiger partial charge in [-0.15, -0.1) is 0 Å². The van der Waals surface area contributed by atoms with Gasteiger partial charge in [0.05, 0.1) is 40.7 Å². The van der Waals surface area contributed by atoms with Gasteiger partial charge in [-0.3, -0.25) is 4.90 Å². The second-order valence-electron chi connectivity index (χ2n) is 7.96. The molecule has 1 aliphatic heterocycles. The average molecular weight is 493 g/mol. The molecule has 0 amide bonds. The zero-order valence-electron chi connectivity index (χ0n) is 18.9. The van der Waals surface area contributed by atoms with Crippen LogP contribution in [0.4, 0.5) is 0 Å². The maximum Gasteiger partial charge on any atom is 0.243 e. The summed E-state index contributed by atoms with van der Waals surface area (Å²) in [6, 6.07) is 12.6. The summed E-state index contributed by atoms with van der Waals surface area (Å²) in [5, 5.41) is 0.593. The molecule has 1 aliphatic rings. The van der Waals surface area contributed by atoms with Gasteiger partial charge in [-0.2, -0.15) is 4.31 Å². The fourth-order valence-electron chi connectivity index (χ4n) is 3.92. The minimum Gasteiger partial charge on any atom is -0.491 e. The third kappa shape index (κ3) is 5.33. The molecule has 0 unspecified atom stereocenters. The Morgan fingerprint density at radius 1 is 1.18 bits per heavy atom. The van der Waals surface area contributed by atoms with Gasteiger partial charge in [-0.1, -0.05) is 23.7 Å². The fraction of sp³-hybridized carbons (Fsp3) is 0.435. The molecular weight excluding hydrogens is 464 g/mol. The van der Waals surface area contributed by atoms with Crippen LogP contribution in [0, 0.1) is 0 Å². The first-order chi connectivity index (χ1) is 15.9. The Labute approximate surface area is 199 Å². The van der Waals surface area contributed by atoms with Crippen LogP contribution in [0.15, 0.2) is 47.4 Å². The maximum absolute atomic E-state index is 13.0. The second-order valence-corrected chi connectivity index (χ2v) is 10.3. The van der Waals surface area contributed by atoms with E-state index in [1.165, 1.54) is 4.31 Å². The van der Waals surface area contributed by atoms with Gasteiger partial charge < -0.3 is 14.0 Å². The number of sulfonamides is 1. The molecule has 0 aliphatic carbocycles. The molecule has 0 N–H and O–H groups in total. The predicted molar refractivity (Wildman–Crippen MR) is 128 cm³/mol. The number of likely N-dealkylation sites (N-methyl/N-ethyl adjacent to an activating group) is 1. The summed E-state index contributed by atoms with van der Waals surface area (Å²) in [6.07, 6.45) is 0. The van der Waals surface area contributed by atoms with E-state index >= 15 is 0 Å². The number of aromatic nitrogens is 2. The molecule has 1 aromatic heterocycles. The van der Waals surface area contributed by atoms with E-state index in [0.717, 1.165) is 17.9 Å². The quantitative estimate of drug-likeness (QED) is 0.456. The Morgan fingerprint density at radius 3 is 2.67 bits per heavy atom. The molecule has 8 nitrogen and oxygen atoms in total. The van der Waals surface area contributed by atoms with Crippen LogP contribution in [0.1, 0.15) is 12.7 Å². The molecule has 0 radical (unpaired) electrons. The second kappa shape index (κ2) is 10.4. The number of ether oxygens (including phenoxy) is 2. The van der Waals surface area contributed by atoms with Gasteiger partial charge in [0.25, 0.3) is 0 Å². The number of fused-ring (bicyclic) bond motifs is 1. The Hall–Kier alpha value is -2.17. The van der Waals surface area contributed by atoms with Gasteiger partial charge in [0.2, 0.25) is 10.0 Å². The molecule has 1 saturated heterocycles. The van der Waals surface area contributed by atoms with E-state index in [1.54, 1.807) is 18.2 Å². The van der Waals surface area contributed by atoms with Gasteiger partial charge in [0, 0.05) is 26.2 Å². The van der Waals surface area contributed by atoms with Crippen LogP contribution in [0.25, 0.3) is 11.0 Å². The van der Waals surface area contributed by atoms with E-state index in [9.17, 15) is 8.42 Å². The van der Waals surface area contributed by atoms with Gasteiger partial charge >= 0.3 is 0 Å². The van der Waals surface area contributed by atoms with Crippen molar-refractivity contribution in [3.63, 3.8) is 0 Å². The number of para-hydroxylation sites is 1. The number of hydrogen-bond donors (Lipinski definition) is 0. The largest absolute Gasteiger partial charge is 0.491 e. The molecule has 3 aromatic rings. The Balaban J connectivity index is 1.47. The number of nitrogens with zero attached hydrogens (tertiary/aromatic N) is 4. The standard InChI is InChI=1S/C23H29ClN4O4S/c1-3-28-21-9-8-18(33(29,30)27-11-13-31-14-12-27)16-20(21)25-23(28)17-26(2)10-15-32-22-7-5-4-6-19(22)24/h4-9,16H,3,10-15,17H2,1-2H3. The first-order valence-electron chi connectivity index (χ1n) is 11.0. The predicted octanol–water partition coefficient (Wildman–Crippen LogP) is 3.24. The number of hydrogen-bond acceptors (Lipinski definition) is 6. The van der Waals surface area contributed by atoms with E-state index < -0.39 is 10.0 Å². The van der Waals surface area contributed by atoms with Crippen molar-refractivity contribution in [1.29, 1.82) is 0 Å². The maximum atomic E-state index is 13.0. The smallest absolute Gasteiger partial charge is 0.243 e. The molecule has 178 valence electrons. The highest BCUT2D eigenvalue weighted by Crippen LogP contribution is 2.25. The summed E-state index contributed by atoms with van der Waals surface area (Å²) in [7, 11) is -1.56. The number of imidazole rings is 1. The first-order valence-corrected chi connectivity index (χ1v) is 12.8. The van der Waals surface area contributed by atoms with Crippen molar-refractivity contribution in [2.75, 3.05) is 46.5 Å². The number of rotatable bonds is 9. The van der Waals surface area contributed by atoms with Gasteiger partial charge in [0.1, 0.15) is 18.2 Å². The highest BCUT2D eigenvalue weighted by Gasteiger charge is 2.27. The highest BCUT2D eigenvalue weighted by molar-refractivity contribution is 7.89. The molecule has 4 rings (SSSR count). The first kappa shape index (κ1) is 24.0. The zero-order valence-corrected chi connectivity index (χ0v) is 20.5. The normalized spacial score (nSPS) is 15.4. The molecule has 0 bridgehead atoms. The van der Waals surface area contributed by atoms with Crippen molar-refractivity contribution >= 4 is 32.7 Å². The zero-order chi connectivity index (χ0) is 23.4. The van der Waals surface area contributed by atoms with E-state index in [4.69, 9.17) is 26.1 Å². The van der Waals surface area contributed by atoms with Crippen molar-refractivity contribution in [2.45, 2.75) is 24.9 Å². The van der Waals surface area contributed by atoms with Crippen LogP contribution in [-0.2, 0) is 27.8 Å². The van der Waals surface area contributed by atoms with Crippen molar-refractivity contribution in [1.82, 2.24) is 18.8 Å². The van der Waals surface area contributed by atoms with Gasteiger partial charge in [-0.05, 0) is 44.3 Å². The van der Waals surface area contributed by atoms with Gasteiger partial charge in [0.15, 0.2) is 0 Å². The Kier molecular flexibility index (Phi) is 7.55. The summed E-state index contributed by atoms with van der Waals surface area (Å²) in [5.41, 5.74) is 1.61. The molecule has 0 saturated carbocycles. The van der Waals surface area contributed by atoms with E-state index in [-0.39, 0.29) is 4.90 Å². The minimum absolute atomic E-state index is 0.269. The highest BCUT2D eigenvalue weighted by atomic mass is 35.5. The van der Waals surface area contributed by atoms with Crippen LogP contribution < -0.4 is 4.74 Å². The third-order valence-corrected chi connectivity index (χ3v) is 7.91. The van der Waals surface area contributed by atoms with Crippen molar-refractivity contribution in [3.05, 3.63) is 53.3 Å². The Bertz CT molecular complexity index is 1210. The summed E-state index contributed by atoms with van der Waals surface area (Å²) in [5.74, 6) is 1.55. The topological polar surface area (TPSA) is 76.9 Å². The molecule has 0 spiro atoms. The monoisotopic (exact) mass is 492 g/mol. The van der Waals surface area contributed by atoms with Crippen LogP contribution in [0.5, 0.6) is 5.75 Å². The SMILES string of the molecule is CCn1c(CN(C)CCOc2ccccc2Cl)nc2cc(S(=O)(=O)N3CCOCC3)ccc21. The number of halogens is 1. The van der Waals surface area contributed by atoms with Crippen molar-refractivity contribution in [2.24, 2.45) is 0 Å². The lowest BCUT2D eigenvalue weighted by Gasteiger charge is -2.26. The fourth-order valence-corrected chi connectivity index (χ4v) is 5.54. The number of benzene rings is 2. The van der Waals surface area contributed by atoms with Crippen LogP contribution in [0.3, 0.4) is 0 Å². The molecule has 0 atom stereocenters. The van der Waals surface area contributed by atoms with Crippen LogP contribution in [0.2, 0.25) is 5.02 Å². The number of morpholine rings is 1. The molecule has 10 heteroatoms. The van der Waals surface area contributed by atoms with Crippen LogP contribution in [-0.4, -0.2) is 73.7 Å². The number of aryl methyl sites for hydroxylation is 1. The lowest BCUT2D eigenvalue weighted by Crippen LogP contribution is -2.40.